The second kappa shape index (κ2) is 3.91. The first-order valence-corrected chi connectivity index (χ1v) is 4.01. The number of hydrogen-bond acceptors (Lipinski definition) is 4. The minimum atomic E-state index is -1.28. The maximum atomic E-state index is 10.7. The van der Waals surface area contributed by atoms with Crippen LogP contribution in [0.1, 0.15) is 22.8 Å². The molecule has 0 aliphatic carbocycles. The molecule has 0 saturated carbocycles. The molecule has 1 aromatic carbocycles. The zero-order valence-corrected chi connectivity index (χ0v) is 7.87. The third-order valence-corrected chi connectivity index (χ3v) is 1.76. The fourth-order valence-corrected chi connectivity index (χ4v) is 1.10. The monoisotopic (exact) mass is 193 g/mol. The van der Waals surface area contributed by atoms with E-state index in [0.29, 0.717) is 5.56 Å². The molecule has 0 bridgehead atoms. The molecule has 0 N–H and O–H groups in total. The summed E-state index contributed by atoms with van der Waals surface area (Å²) < 4.78 is 4.81. The highest BCUT2D eigenvalue weighted by molar-refractivity contribution is 5.88. The number of carbonyl (C=O) groups is 2. The number of aromatic carboxylic acids is 1. The van der Waals surface area contributed by atoms with Crippen molar-refractivity contribution >= 4 is 11.9 Å². The summed E-state index contributed by atoms with van der Waals surface area (Å²) in [5.74, 6) is -1.51. The third-order valence-electron chi connectivity index (χ3n) is 1.76. The number of carbonyl (C=O) groups excluding carboxylic acids is 2. The van der Waals surface area contributed by atoms with E-state index in [1.54, 1.807) is 6.92 Å². The SMILES string of the molecule is CC(=O)Oc1cccc(C(=O)[O-])c1C. The lowest BCUT2D eigenvalue weighted by molar-refractivity contribution is -0.255. The molecular weight excluding hydrogens is 184 g/mol. The van der Waals surface area contributed by atoms with E-state index in [2.05, 4.69) is 0 Å². The molecule has 1 aromatic rings. The van der Waals surface area contributed by atoms with Gasteiger partial charge in [0.1, 0.15) is 5.75 Å². The van der Waals surface area contributed by atoms with Crippen LogP contribution in [0.5, 0.6) is 5.75 Å². The van der Waals surface area contributed by atoms with Gasteiger partial charge in [-0.05, 0) is 13.0 Å². The molecule has 4 heteroatoms. The summed E-state index contributed by atoms with van der Waals surface area (Å²) in [7, 11) is 0. The maximum absolute atomic E-state index is 10.7. The van der Waals surface area contributed by atoms with Crippen LogP contribution in [-0.2, 0) is 4.79 Å². The van der Waals surface area contributed by atoms with Crippen LogP contribution in [0.2, 0.25) is 0 Å². The van der Waals surface area contributed by atoms with E-state index < -0.39 is 11.9 Å². The highest BCUT2D eigenvalue weighted by atomic mass is 16.5. The van der Waals surface area contributed by atoms with Crippen molar-refractivity contribution in [1.29, 1.82) is 0 Å². The number of hydrogen-bond donors (Lipinski definition) is 0. The minimum absolute atomic E-state index is 0.0313. The van der Waals surface area contributed by atoms with E-state index in [9.17, 15) is 14.7 Å². The molecule has 0 atom stereocenters. The lowest BCUT2D eigenvalue weighted by Crippen LogP contribution is -2.23. The molecule has 14 heavy (non-hydrogen) atoms. The molecule has 74 valence electrons. The minimum Gasteiger partial charge on any atom is -0.545 e. The lowest BCUT2D eigenvalue weighted by atomic mass is 10.1. The van der Waals surface area contributed by atoms with E-state index in [0.717, 1.165) is 0 Å². The van der Waals surface area contributed by atoms with Crippen LogP contribution in [-0.4, -0.2) is 11.9 Å². The first kappa shape index (κ1) is 10.2. The first-order chi connectivity index (χ1) is 6.52. The molecule has 0 amide bonds. The Bertz CT molecular complexity index is 382. The Kier molecular flexibility index (Phi) is 2.86. The van der Waals surface area contributed by atoms with Crippen LogP contribution in [0.4, 0.5) is 0 Å². The van der Waals surface area contributed by atoms with Crippen molar-refractivity contribution in [3.05, 3.63) is 29.3 Å². The van der Waals surface area contributed by atoms with Gasteiger partial charge in [0, 0.05) is 18.1 Å². The predicted octanol–water partition coefficient (Wildman–Crippen LogP) is 0.284. The van der Waals surface area contributed by atoms with Gasteiger partial charge in [-0.3, -0.25) is 4.79 Å². The van der Waals surface area contributed by atoms with Gasteiger partial charge in [-0.2, -0.15) is 0 Å². The van der Waals surface area contributed by atoms with Gasteiger partial charge in [-0.25, -0.2) is 0 Å². The van der Waals surface area contributed by atoms with Crippen molar-refractivity contribution in [3.8, 4) is 5.75 Å². The quantitative estimate of drug-likeness (QED) is 0.500. The Morgan fingerprint density at radius 1 is 1.36 bits per heavy atom. The zero-order valence-electron chi connectivity index (χ0n) is 7.87. The van der Waals surface area contributed by atoms with Crippen LogP contribution in [0, 0.1) is 6.92 Å². The van der Waals surface area contributed by atoms with Crippen molar-refractivity contribution in [2.45, 2.75) is 13.8 Å². The average molecular weight is 193 g/mol. The Balaban J connectivity index is 3.13. The summed E-state index contributed by atoms with van der Waals surface area (Å²) in [6.07, 6.45) is 0. The molecule has 0 aromatic heterocycles. The topological polar surface area (TPSA) is 66.4 Å². The van der Waals surface area contributed by atoms with Gasteiger partial charge in [-0.15, -0.1) is 0 Å². The standard InChI is InChI=1S/C10H10O4/c1-6-8(10(12)13)4-3-5-9(6)14-7(2)11/h3-5H,1-2H3,(H,12,13)/p-1. The van der Waals surface area contributed by atoms with Crippen molar-refractivity contribution in [2.24, 2.45) is 0 Å². The number of esters is 1. The third kappa shape index (κ3) is 2.10. The molecule has 0 aliphatic heterocycles. The average Bonchev–Trinajstić information content (AvgIpc) is 2.07. The Labute approximate surface area is 81.1 Å². The van der Waals surface area contributed by atoms with Crippen molar-refractivity contribution in [2.75, 3.05) is 0 Å². The Hall–Kier alpha value is -1.84. The Morgan fingerprint density at radius 2 is 2.00 bits per heavy atom. The molecule has 0 saturated heterocycles. The van der Waals surface area contributed by atoms with E-state index >= 15 is 0 Å². The summed E-state index contributed by atoms with van der Waals surface area (Å²) in [4.78, 5) is 21.3. The molecule has 0 unspecified atom stereocenters. The highest BCUT2D eigenvalue weighted by Gasteiger charge is 2.06. The van der Waals surface area contributed by atoms with E-state index in [1.807, 2.05) is 0 Å². The number of ether oxygens (including phenoxy) is 1. The van der Waals surface area contributed by atoms with Gasteiger partial charge in [0.25, 0.3) is 0 Å². The highest BCUT2D eigenvalue weighted by Crippen LogP contribution is 2.20. The van der Waals surface area contributed by atoms with Gasteiger partial charge < -0.3 is 14.6 Å². The molecular formula is C10H9O4-. The normalized spacial score (nSPS) is 9.57. The summed E-state index contributed by atoms with van der Waals surface area (Å²) in [5.41, 5.74) is 0.423. The van der Waals surface area contributed by atoms with E-state index in [4.69, 9.17) is 4.74 Å². The van der Waals surface area contributed by atoms with Gasteiger partial charge in [0.15, 0.2) is 0 Å². The number of carboxylic acid groups (broad SMARTS) is 1. The molecule has 0 fully saturated rings. The lowest BCUT2D eigenvalue weighted by Gasteiger charge is -2.10. The van der Waals surface area contributed by atoms with Crippen LogP contribution in [0.25, 0.3) is 0 Å². The largest absolute Gasteiger partial charge is 0.545 e. The fourth-order valence-electron chi connectivity index (χ4n) is 1.10. The van der Waals surface area contributed by atoms with Crippen LogP contribution < -0.4 is 9.84 Å². The second-order valence-corrected chi connectivity index (χ2v) is 2.81. The molecule has 0 spiro atoms. The summed E-state index contributed by atoms with van der Waals surface area (Å²) in [5, 5.41) is 10.6. The maximum Gasteiger partial charge on any atom is 0.308 e. The molecule has 0 radical (unpaired) electrons. The van der Waals surface area contributed by atoms with E-state index in [1.165, 1.54) is 25.1 Å². The Morgan fingerprint density at radius 3 is 2.50 bits per heavy atom. The van der Waals surface area contributed by atoms with Gasteiger partial charge >= 0.3 is 5.97 Å². The van der Waals surface area contributed by atoms with Crippen LogP contribution >= 0.6 is 0 Å². The predicted molar refractivity (Wildman–Crippen MR) is 46.8 cm³/mol. The molecule has 4 nitrogen and oxygen atoms in total. The number of carboxylic acids is 1. The first-order valence-electron chi connectivity index (χ1n) is 4.01. The van der Waals surface area contributed by atoms with Crippen molar-refractivity contribution in [3.63, 3.8) is 0 Å². The fraction of sp³-hybridized carbons (Fsp3) is 0.200. The van der Waals surface area contributed by atoms with Gasteiger partial charge in [0.2, 0.25) is 0 Å². The molecule has 0 aliphatic rings. The summed E-state index contributed by atoms with van der Waals surface area (Å²) in [6.45, 7) is 2.81. The van der Waals surface area contributed by atoms with E-state index in [-0.39, 0.29) is 11.3 Å². The second-order valence-electron chi connectivity index (χ2n) is 2.81. The zero-order chi connectivity index (χ0) is 10.7. The van der Waals surface area contributed by atoms with Crippen molar-refractivity contribution < 1.29 is 19.4 Å². The molecule has 0 heterocycles. The number of benzene rings is 1. The van der Waals surface area contributed by atoms with Crippen molar-refractivity contribution in [1.82, 2.24) is 0 Å². The number of rotatable bonds is 2. The smallest absolute Gasteiger partial charge is 0.308 e. The summed E-state index contributed by atoms with van der Waals surface area (Å²) in [6, 6.07) is 4.43. The molecule has 1 rings (SSSR count). The van der Waals surface area contributed by atoms with Crippen LogP contribution in [0.15, 0.2) is 18.2 Å². The van der Waals surface area contributed by atoms with Crippen LogP contribution in [0.3, 0.4) is 0 Å². The van der Waals surface area contributed by atoms with Gasteiger partial charge in [-0.1, -0.05) is 12.1 Å². The van der Waals surface area contributed by atoms with Gasteiger partial charge in [0.05, 0.1) is 5.97 Å². The summed E-state index contributed by atoms with van der Waals surface area (Å²) >= 11 is 0.